The normalized spacial score (nSPS) is 16.6. The number of hydrogen-bond acceptors (Lipinski definition) is 7. The third-order valence-electron chi connectivity index (χ3n) is 5.64. The third kappa shape index (κ3) is 4.20. The molecule has 7 nitrogen and oxygen atoms in total. The molecule has 0 unspecified atom stereocenters. The Hall–Kier alpha value is -3.91. The maximum atomic E-state index is 13.2. The molecule has 3 aromatic carbocycles. The lowest BCUT2D eigenvalue weighted by atomic mass is 10.1. The summed E-state index contributed by atoms with van der Waals surface area (Å²) in [5.74, 6) is 0.0456. The maximum Gasteiger partial charge on any atom is 0.337 e. The van der Waals surface area contributed by atoms with Crippen molar-refractivity contribution in [2.75, 3.05) is 7.11 Å². The van der Waals surface area contributed by atoms with E-state index in [0.29, 0.717) is 22.2 Å². The van der Waals surface area contributed by atoms with Crippen molar-refractivity contribution < 1.29 is 14.3 Å². The third-order valence-corrected chi connectivity index (χ3v) is 6.58. The number of carbonyl (C=O) groups excluding carboxylic acids is 2. The zero-order valence-electron chi connectivity index (χ0n) is 18.7. The standard InChI is InChI=1S/C26H22N4O3S/c1-16-7-9-17(10-8-16)15-34-26-28-24(31)22-20-5-3-4-6-21(20)27-23(30(22)29-26)18-11-13-19(14-12-18)25(32)33-2/h3-14,23H,15H2,1-2H3,(H,28,29,31)/t23-/m0/s1. The Morgan fingerprint density at radius 1 is 1.06 bits per heavy atom. The first kappa shape index (κ1) is 21.9. The largest absolute Gasteiger partial charge is 0.465 e. The predicted molar refractivity (Wildman–Crippen MR) is 131 cm³/mol. The van der Waals surface area contributed by atoms with Crippen molar-refractivity contribution in [3.8, 4) is 0 Å². The van der Waals surface area contributed by atoms with Gasteiger partial charge in [0, 0.05) is 11.0 Å². The summed E-state index contributed by atoms with van der Waals surface area (Å²) >= 11 is 1.46. The highest BCUT2D eigenvalue weighted by Gasteiger charge is 2.34. The number of rotatable bonds is 4. The number of thioether (sulfide) groups is 1. The fourth-order valence-corrected chi connectivity index (χ4v) is 4.66. The summed E-state index contributed by atoms with van der Waals surface area (Å²) in [6, 6.07) is 22.8. The minimum Gasteiger partial charge on any atom is -0.465 e. The van der Waals surface area contributed by atoms with E-state index in [-0.39, 0.29) is 5.91 Å². The second-order valence-electron chi connectivity index (χ2n) is 7.96. The van der Waals surface area contributed by atoms with Crippen LogP contribution in [-0.2, 0) is 15.3 Å². The Morgan fingerprint density at radius 3 is 2.53 bits per heavy atom. The average Bonchev–Trinajstić information content (AvgIpc) is 2.87. The van der Waals surface area contributed by atoms with E-state index in [1.165, 1.54) is 24.4 Å². The Balaban J connectivity index is 1.52. The lowest BCUT2D eigenvalue weighted by molar-refractivity contribution is -0.116. The number of hydrazone groups is 1. The van der Waals surface area contributed by atoms with Gasteiger partial charge in [-0.05, 0) is 36.2 Å². The molecule has 0 radical (unpaired) electrons. The number of ether oxygens (including phenoxy) is 1. The zero-order chi connectivity index (χ0) is 23.7. The van der Waals surface area contributed by atoms with E-state index in [9.17, 15) is 9.59 Å². The van der Waals surface area contributed by atoms with Crippen LogP contribution in [0.15, 0.2) is 82.9 Å². The van der Waals surface area contributed by atoms with Gasteiger partial charge >= 0.3 is 5.97 Å². The van der Waals surface area contributed by atoms with Gasteiger partial charge in [0.05, 0.1) is 18.0 Å². The molecule has 0 saturated carbocycles. The number of para-hydroxylation sites is 1. The van der Waals surface area contributed by atoms with Crippen LogP contribution < -0.4 is 15.9 Å². The predicted octanol–water partition coefficient (Wildman–Crippen LogP) is 2.86. The Labute approximate surface area is 200 Å². The summed E-state index contributed by atoms with van der Waals surface area (Å²) in [5, 5.41) is 11.3. The van der Waals surface area contributed by atoms with Crippen LogP contribution in [0.1, 0.15) is 33.2 Å². The molecule has 0 bridgehead atoms. The lowest BCUT2D eigenvalue weighted by Crippen LogP contribution is -2.50. The lowest BCUT2D eigenvalue weighted by Gasteiger charge is -2.34. The second kappa shape index (κ2) is 9.15. The van der Waals surface area contributed by atoms with E-state index in [2.05, 4.69) is 36.5 Å². The molecule has 170 valence electrons. The molecule has 0 aromatic heterocycles. The Kier molecular flexibility index (Phi) is 5.90. The van der Waals surface area contributed by atoms with Gasteiger partial charge in [-0.1, -0.05) is 71.9 Å². The van der Waals surface area contributed by atoms with Crippen molar-refractivity contribution in [2.45, 2.75) is 18.8 Å². The molecule has 0 spiro atoms. The number of esters is 1. The summed E-state index contributed by atoms with van der Waals surface area (Å²) < 4.78 is 4.80. The number of hydrogen-bond donors (Lipinski definition) is 1. The smallest absolute Gasteiger partial charge is 0.337 e. The summed E-state index contributed by atoms with van der Waals surface area (Å²) in [6.45, 7) is 2.05. The molecule has 5 rings (SSSR count). The summed E-state index contributed by atoms with van der Waals surface area (Å²) in [7, 11) is 1.35. The van der Waals surface area contributed by atoms with Gasteiger partial charge < -0.3 is 4.74 Å². The number of amides is 1. The number of carbonyl (C=O) groups is 2. The van der Waals surface area contributed by atoms with Crippen LogP contribution in [-0.4, -0.2) is 29.2 Å². The SMILES string of the molecule is COC(=O)c1ccc([C@H]2N=c3ccccc3=C3C(=O)NC(SCc4ccc(C)cc4)=NN32)cc1. The van der Waals surface area contributed by atoms with Crippen LogP contribution in [0.5, 0.6) is 0 Å². The Morgan fingerprint density at radius 2 is 1.79 bits per heavy atom. The first-order chi connectivity index (χ1) is 16.5. The molecule has 1 amide bonds. The molecule has 1 atom stereocenters. The highest BCUT2D eigenvalue weighted by Crippen LogP contribution is 2.31. The van der Waals surface area contributed by atoms with Crippen molar-refractivity contribution in [2.24, 2.45) is 10.1 Å². The van der Waals surface area contributed by atoms with Crippen LogP contribution in [0.4, 0.5) is 0 Å². The molecule has 0 aliphatic carbocycles. The van der Waals surface area contributed by atoms with Crippen molar-refractivity contribution in [3.63, 3.8) is 0 Å². The zero-order valence-corrected chi connectivity index (χ0v) is 19.5. The fraction of sp³-hybridized carbons (Fsp3) is 0.154. The van der Waals surface area contributed by atoms with Gasteiger partial charge in [0.1, 0.15) is 5.70 Å². The number of aryl methyl sites for hydroxylation is 1. The number of amidine groups is 1. The second-order valence-corrected chi connectivity index (χ2v) is 8.92. The number of methoxy groups -OCH3 is 1. The molecule has 2 aliphatic rings. The monoisotopic (exact) mass is 470 g/mol. The average molecular weight is 471 g/mol. The fourth-order valence-electron chi connectivity index (χ4n) is 3.85. The number of benzene rings is 3. The quantitative estimate of drug-likeness (QED) is 0.593. The molecule has 8 heteroatoms. The number of fused-ring (bicyclic) bond motifs is 2. The molecule has 1 N–H and O–H groups in total. The molecular formula is C26H22N4O3S. The Bertz CT molecular complexity index is 1420. The van der Waals surface area contributed by atoms with E-state index < -0.39 is 12.1 Å². The summed E-state index contributed by atoms with van der Waals surface area (Å²) in [5.41, 5.74) is 4.05. The van der Waals surface area contributed by atoms with Crippen LogP contribution in [0.3, 0.4) is 0 Å². The first-order valence-corrected chi connectivity index (χ1v) is 11.7. The van der Waals surface area contributed by atoms with Crippen LogP contribution in [0, 0.1) is 6.92 Å². The minimum absolute atomic E-state index is 0.222. The van der Waals surface area contributed by atoms with Crippen LogP contribution >= 0.6 is 11.8 Å². The first-order valence-electron chi connectivity index (χ1n) is 10.8. The molecule has 2 aliphatic heterocycles. The minimum atomic E-state index is -0.544. The van der Waals surface area contributed by atoms with E-state index in [1.54, 1.807) is 17.1 Å². The van der Waals surface area contributed by atoms with Crippen molar-refractivity contribution in [1.29, 1.82) is 0 Å². The van der Waals surface area contributed by atoms with Gasteiger partial charge in [0.25, 0.3) is 5.91 Å². The van der Waals surface area contributed by atoms with Gasteiger partial charge in [-0.3, -0.25) is 15.1 Å². The van der Waals surface area contributed by atoms with Crippen molar-refractivity contribution in [3.05, 3.63) is 106 Å². The van der Waals surface area contributed by atoms with E-state index in [0.717, 1.165) is 21.7 Å². The highest BCUT2D eigenvalue weighted by molar-refractivity contribution is 8.13. The molecule has 3 aromatic rings. The summed E-state index contributed by atoms with van der Waals surface area (Å²) in [4.78, 5) is 30.0. The maximum absolute atomic E-state index is 13.2. The van der Waals surface area contributed by atoms with E-state index >= 15 is 0 Å². The van der Waals surface area contributed by atoms with Crippen LogP contribution in [0.2, 0.25) is 0 Å². The number of nitrogens with one attached hydrogen (secondary N) is 1. The van der Waals surface area contributed by atoms with Gasteiger partial charge in [0.15, 0.2) is 11.3 Å². The molecule has 34 heavy (non-hydrogen) atoms. The molecular weight excluding hydrogens is 448 g/mol. The van der Waals surface area contributed by atoms with Crippen LogP contribution in [0.25, 0.3) is 5.70 Å². The van der Waals surface area contributed by atoms with Gasteiger partial charge in [-0.25, -0.2) is 9.80 Å². The summed E-state index contributed by atoms with van der Waals surface area (Å²) in [6.07, 6.45) is -0.544. The van der Waals surface area contributed by atoms with Gasteiger partial charge in [-0.2, -0.15) is 0 Å². The molecule has 0 fully saturated rings. The topological polar surface area (TPSA) is 83.4 Å². The van der Waals surface area contributed by atoms with E-state index in [1.807, 2.05) is 36.4 Å². The highest BCUT2D eigenvalue weighted by atomic mass is 32.2. The van der Waals surface area contributed by atoms with Gasteiger partial charge in [0.2, 0.25) is 0 Å². The van der Waals surface area contributed by atoms with E-state index in [4.69, 9.17) is 14.8 Å². The number of nitrogens with zero attached hydrogens (tertiary/aromatic N) is 3. The van der Waals surface area contributed by atoms with Crippen molar-refractivity contribution >= 4 is 34.5 Å². The molecule has 0 saturated heterocycles. The van der Waals surface area contributed by atoms with Crippen molar-refractivity contribution in [1.82, 2.24) is 10.3 Å². The molecule has 2 heterocycles. The van der Waals surface area contributed by atoms with Gasteiger partial charge in [-0.15, -0.1) is 5.10 Å².